The zero-order valence-electron chi connectivity index (χ0n) is 56.1. The monoisotopic (exact) mass is 1260 g/mol. The Labute approximate surface area is 508 Å². The molecule has 23 heteroatoms. The summed E-state index contributed by atoms with van der Waals surface area (Å²) in [5, 5.41) is 23.1. The van der Waals surface area contributed by atoms with Gasteiger partial charge >= 0.3 is 0 Å². The maximum absolute atomic E-state index is 15.1. The lowest BCUT2D eigenvalue weighted by molar-refractivity contribution is -0.157. The van der Waals surface area contributed by atoms with Gasteiger partial charge in [-0.1, -0.05) is 109 Å². The molecule has 11 amide bonds. The van der Waals surface area contributed by atoms with Gasteiger partial charge in [0.05, 0.1) is 12.6 Å². The van der Waals surface area contributed by atoms with E-state index in [1.807, 2.05) is 61.5 Å². The highest BCUT2D eigenvalue weighted by molar-refractivity contribution is 5.99. The predicted octanol–water partition coefficient (Wildman–Crippen LogP) is 3.27. The van der Waals surface area contributed by atoms with Crippen LogP contribution in [0.1, 0.15) is 156 Å². The third-order valence-electron chi connectivity index (χ3n) is 16.1. The van der Waals surface area contributed by atoms with E-state index >= 15 is 9.59 Å². The Morgan fingerprint density at radius 3 is 1.32 bits per heavy atom. The van der Waals surface area contributed by atoms with Crippen LogP contribution < -0.4 is 21.3 Å². The molecule has 0 aromatic rings. The average molecular weight is 1260 g/mol. The van der Waals surface area contributed by atoms with Gasteiger partial charge in [0.1, 0.15) is 60.4 Å². The number of nitrogens with one attached hydrogen (secondary N) is 4. The van der Waals surface area contributed by atoms with Gasteiger partial charge in [-0.2, -0.15) is 0 Å². The Morgan fingerprint density at radius 2 is 0.871 bits per heavy atom. The fourth-order valence-electron chi connectivity index (χ4n) is 10.7. The minimum absolute atomic E-state index is 0.0229. The van der Waals surface area contributed by atoms with Crippen LogP contribution in [0.2, 0.25) is 0 Å². The molecule has 0 aromatic heterocycles. The van der Waals surface area contributed by atoms with Gasteiger partial charge in [0, 0.05) is 49.3 Å². The second kappa shape index (κ2) is 34.9. The van der Waals surface area contributed by atoms with Gasteiger partial charge in [-0.15, -0.1) is 0 Å². The molecule has 12 atom stereocenters. The molecule has 1 rings (SSSR count). The van der Waals surface area contributed by atoms with Gasteiger partial charge in [-0.3, -0.25) is 52.7 Å². The summed E-state index contributed by atoms with van der Waals surface area (Å²) in [5.74, 6) is -9.71. The normalized spacial score (nSPS) is 26.9. The van der Waals surface area contributed by atoms with E-state index in [2.05, 4.69) is 21.3 Å². The highest BCUT2D eigenvalue weighted by Crippen LogP contribution is 2.26. The van der Waals surface area contributed by atoms with E-state index in [1.165, 1.54) is 87.7 Å². The summed E-state index contributed by atoms with van der Waals surface area (Å²) in [4.78, 5) is 169. The van der Waals surface area contributed by atoms with Crippen LogP contribution in [-0.4, -0.2) is 227 Å². The lowest BCUT2D eigenvalue weighted by atomic mass is 10.8. The molecular formula is C62H111N11O12. The first-order valence-corrected chi connectivity index (χ1v) is 30.6. The lowest BCUT2D eigenvalue weighted by Crippen LogP contribution is -2.63. The van der Waals surface area contributed by atoms with Crippen LogP contribution in [0.3, 0.4) is 0 Å². The van der Waals surface area contributed by atoms with Crippen LogP contribution in [0.4, 0.5) is 0 Å². The smallest absolute Gasteiger partial charge is 0.246 e. The van der Waals surface area contributed by atoms with Crippen LogP contribution in [0, 0.1) is 41.4 Å². The Kier molecular flexibility index (Phi) is 31.5. The second-order valence-corrected chi connectivity index (χ2v) is 26.1. The van der Waals surface area contributed by atoms with Crippen molar-refractivity contribution in [3.8, 4) is 0 Å². The summed E-state index contributed by atoms with van der Waals surface area (Å²) in [7, 11) is 9.92. The molecule has 0 aromatic carbocycles. The highest BCUT2D eigenvalue weighted by atomic mass is 16.4. The molecule has 85 heavy (non-hydrogen) atoms. The van der Waals surface area contributed by atoms with Crippen LogP contribution in [0.25, 0.3) is 0 Å². The fraction of sp³-hybridized carbons (Fsp3) is 0.790. The first-order valence-electron chi connectivity index (χ1n) is 30.6. The standard InChI is InChI=1S/C62H111N11O12/c1-25-27-28-40(15)52(75)51-56(79)65-43(26-2)58(81)67(18)33-48(74)68(19)44(29-34(3)4)55(78)66-49(38(11)12)61(84)69(20)45(30-35(5)6)54(77)63-41(16)53(76)64-42(17)57(80)70(21)46(31-36(7)8)59(82)71(22)47(32-37(9)10)60(83)72(23)50(39(13)14)62(85)73(51)24/h25,27,34-47,49-52,75H,26,28-33H2,1-24H3,(H,63,77)(H,64,76)(H,65,79)(H,66,78)/b27-25+/t40-,41+,42-,43+,44+,45+,46+,47+,49+,50+,51+,52-/m1/s1/i1+1,2+1,3+1,4+1,5+1,6+1,7+1,8+1,9+1,10+1,11+1,12+1,13+1,14+1,15+1,16+1,17+1,18+1,19+1,20+1,21+1,22+1,23+1,24+1,25+1,26+1,27+1,28+1,29+1,30+1,31+1,32+1,33+1,34+1,35+1,36+1,37+1,38+1,39+1,40+1,41+1,42+1,43+1,44+1,45+1,46+1,47+1,48+1,49+1,50+1,51+1,52+1,53+1,54+1,55+1,56+1,57+1,58+1,59+1,60+1,61+1,62+1. The Hall–Kier alpha value is -6.13. The second-order valence-electron chi connectivity index (χ2n) is 26.1. The molecule has 0 spiro atoms. The van der Waals surface area contributed by atoms with Crippen molar-refractivity contribution in [3.05, 3.63) is 12.2 Å². The number of hydrogen-bond acceptors (Lipinski definition) is 12. The summed E-state index contributed by atoms with van der Waals surface area (Å²) < 4.78 is 0. The number of nitrogens with zero attached hydrogens (tertiary/aromatic N) is 7. The van der Waals surface area contributed by atoms with Crippen molar-refractivity contribution in [1.29, 1.82) is 0 Å². The molecule has 486 valence electrons. The summed E-state index contributed by atoms with van der Waals surface area (Å²) in [6.45, 7) is 29.3. The number of rotatable bonds is 15. The molecule has 1 aliphatic heterocycles. The number of hydrogen-bond donors (Lipinski definition) is 5. The zero-order chi connectivity index (χ0) is 66.0. The van der Waals surface area contributed by atoms with E-state index in [-0.39, 0.29) is 55.8 Å². The van der Waals surface area contributed by atoms with Crippen molar-refractivity contribution in [3.63, 3.8) is 0 Å². The first kappa shape index (κ1) is 76.9. The van der Waals surface area contributed by atoms with Gasteiger partial charge in [0.2, 0.25) is 65.0 Å². The third-order valence-corrected chi connectivity index (χ3v) is 16.1. The number of amides is 11. The molecule has 5 N–H and O–H groups in total. The van der Waals surface area contributed by atoms with Crippen molar-refractivity contribution in [1.82, 2.24) is 55.6 Å². The van der Waals surface area contributed by atoms with E-state index in [1.54, 1.807) is 54.5 Å². The summed E-state index contributed by atoms with van der Waals surface area (Å²) >= 11 is 0. The molecule has 0 radical (unpaired) electrons. The molecule has 0 bridgehead atoms. The SMILES string of the molecule is [13CH3]/[13CH]=[13CH]/[13CH2][13C@@H]([13CH3])[13C@@H](O)[13C@H]1[13C](=O)N[13C@@H]([13CH2][13CH3])[13C](=O)N([13CH3])[13CH2][13C](=O)N([13CH3])[13C@@H]([13CH2][13CH]([13CH3])[13CH3])[13C](=O)N[13C@@H]([13CH]([13CH3])[13CH3])[13C](=O)N([13CH3])[13C@@H]([13CH2][13CH]([13CH3])[13CH3])[13C](=O)N[13C@@H]([13CH3])[13C](=O)N[13C@H]([13CH3])[13C](=O)N([13CH3])[13C@@H]([13CH2][13CH]([13CH3])[13CH3])[13C](=O)N([13CH3])[13C@@H]([13CH2][13CH]([13CH3])[13CH3])[13C](=O)N([13CH3])[13C@@H]([13CH]([13CH3])[13CH3])[13C](=O)N1[13CH3]. The van der Waals surface area contributed by atoms with Crippen LogP contribution in [0.15, 0.2) is 12.2 Å². The number of carbonyl (C=O) groups excluding carboxylic acids is 11. The summed E-state index contributed by atoms with van der Waals surface area (Å²) in [5.41, 5.74) is 0. The fourth-order valence-corrected chi connectivity index (χ4v) is 10.7. The number of carbonyl (C=O) groups is 11. The van der Waals surface area contributed by atoms with Crippen LogP contribution in [0.5, 0.6) is 0 Å². The minimum atomic E-state index is -1.61. The topological polar surface area (TPSA) is 279 Å². The van der Waals surface area contributed by atoms with E-state index in [0.717, 1.165) is 9.80 Å². The van der Waals surface area contributed by atoms with Gasteiger partial charge in [0.25, 0.3) is 0 Å². The largest absolute Gasteiger partial charge is 0.390 e. The number of aliphatic hydroxyl groups is 1. The van der Waals surface area contributed by atoms with Crippen molar-refractivity contribution >= 4 is 65.0 Å². The summed E-state index contributed by atoms with van der Waals surface area (Å²) in [6, 6.07) is -12.3. The average Bonchev–Trinajstić information content (AvgIpc) is 3.62. The molecule has 1 saturated heterocycles. The molecule has 23 nitrogen and oxygen atoms in total. The van der Waals surface area contributed by atoms with Gasteiger partial charge in [0.15, 0.2) is 0 Å². The van der Waals surface area contributed by atoms with Crippen molar-refractivity contribution < 1.29 is 57.8 Å². The maximum Gasteiger partial charge on any atom is 0.246 e. The third kappa shape index (κ3) is 21.7. The molecule has 0 unspecified atom stereocenters. The molecule has 1 heterocycles. The Morgan fingerprint density at radius 1 is 0.459 bits per heavy atom. The van der Waals surface area contributed by atoms with Crippen molar-refractivity contribution in [2.45, 2.75) is 223 Å². The molecule has 1 aliphatic rings. The number of allylic oxidation sites excluding steroid dienone is 2. The first-order chi connectivity index (χ1) is 39.2. The van der Waals surface area contributed by atoms with Crippen molar-refractivity contribution in [2.24, 2.45) is 41.4 Å². The van der Waals surface area contributed by atoms with E-state index in [0.29, 0.717) is 6.42 Å². The molecule has 1 fully saturated rings. The Bertz CT molecular complexity index is 2330. The Balaban J connectivity index is 4.32. The highest BCUT2D eigenvalue weighted by Gasteiger charge is 2.45. The predicted molar refractivity (Wildman–Crippen MR) is 328 cm³/mol. The van der Waals surface area contributed by atoms with E-state index in [4.69, 9.17) is 0 Å². The minimum Gasteiger partial charge on any atom is -0.390 e. The van der Waals surface area contributed by atoms with Gasteiger partial charge in [-0.05, 0) is 101 Å². The quantitative estimate of drug-likeness (QED) is 0.117. The van der Waals surface area contributed by atoms with Crippen LogP contribution in [-0.2, 0) is 52.7 Å². The van der Waals surface area contributed by atoms with Gasteiger partial charge < -0.3 is 60.7 Å². The summed E-state index contributed by atoms with van der Waals surface area (Å²) in [6.07, 6.45) is 3.04. The molecule has 0 aliphatic carbocycles. The molecular weight excluding hydrogens is 1150 g/mol. The van der Waals surface area contributed by atoms with Crippen LogP contribution >= 0.6 is 0 Å². The lowest BCUT2D eigenvalue weighted by Gasteiger charge is -2.41. The number of aliphatic hydroxyl groups excluding tert-OH is 1. The van der Waals surface area contributed by atoms with E-state index in [9.17, 15) is 48.3 Å². The van der Waals surface area contributed by atoms with E-state index < -0.39 is 156 Å². The maximum atomic E-state index is 15.1. The zero-order valence-corrected chi connectivity index (χ0v) is 56.1. The van der Waals surface area contributed by atoms with Gasteiger partial charge in [-0.25, -0.2) is 0 Å². The number of likely N-dealkylation sites (N-methyl/N-ethyl adjacent to an activating group) is 7. The van der Waals surface area contributed by atoms with Crippen molar-refractivity contribution in [2.75, 3.05) is 55.9 Å². The molecule has 0 saturated carbocycles.